The van der Waals surface area contributed by atoms with Crippen LogP contribution in [0.25, 0.3) is 10.4 Å². The molecule has 0 radical (unpaired) electrons. The van der Waals surface area contributed by atoms with Gasteiger partial charge < -0.3 is 0 Å². The Morgan fingerprint density at radius 2 is 1.93 bits per heavy atom. The summed E-state index contributed by atoms with van der Waals surface area (Å²) in [6.45, 7) is 11.0. The maximum atomic E-state index is 12.8. The van der Waals surface area contributed by atoms with E-state index in [2.05, 4.69) is 47.4 Å². The molecule has 1 spiro atoms. The molecule has 6 nitrogen and oxygen atoms in total. The van der Waals surface area contributed by atoms with Crippen molar-refractivity contribution in [2.45, 2.75) is 78.2 Å². The zero-order chi connectivity index (χ0) is 20.2. The van der Waals surface area contributed by atoms with Gasteiger partial charge in [-0.05, 0) is 0 Å². The van der Waals surface area contributed by atoms with E-state index in [1.807, 2.05) is 0 Å². The Morgan fingerprint density at radius 3 is 2.64 bits per heavy atom. The maximum absolute atomic E-state index is 12.8. The molecule has 28 heavy (non-hydrogen) atoms. The van der Waals surface area contributed by atoms with Crippen molar-refractivity contribution in [1.82, 2.24) is 0 Å². The molecule has 0 saturated heterocycles. The number of hydrogen-bond acceptors (Lipinski definition) is 4. The zero-order valence-corrected chi connectivity index (χ0v) is 17.5. The van der Waals surface area contributed by atoms with Crippen molar-refractivity contribution in [2.75, 3.05) is 6.54 Å². The van der Waals surface area contributed by atoms with Crippen molar-refractivity contribution in [3.8, 4) is 0 Å². The standard InChI is InChI=1S/C21H32BN5O/c1-18-8-5-15-19(2)9-7-16(25-26-22-4)20(3,13-24-27-23)14(19)6-10-21(15,12-18)11-17(18)28/h14-16H,4-13H2,1-3H3/t14-,15-,16+,18-,19+,20-,21-/m0/s1. The van der Waals surface area contributed by atoms with Crippen LogP contribution in [0.3, 0.4) is 0 Å². The normalized spacial score (nSPS) is 49.8. The molecule has 0 aromatic heterocycles. The van der Waals surface area contributed by atoms with Gasteiger partial charge in [0.2, 0.25) is 0 Å². The Kier molecular flexibility index (Phi) is 4.61. The molecule has 0 N–H and O–H groups in total. The molecule has 0 amide bonds. The second kappa shape index (κ2) is 6.51. The SMILES string of the molecule is C=BN=N[C@@H]1CC[C@]2(C)[C@H](CC[C@@]34CC(=O)[C@@](C)(CC[C@H]32)C4)[C@]1(C)CN=[N+]=[N-]. The first-order valence-electron chi connectivity index (χ1n) is 10.8. The average molecular weight is 381 g/mol. The Labute approximate surface area is 168 Å². The average Bonchev–Trinajstić information content (AvgIpc) is 2.83. The van der Waals surface area contributed by atoms with Crippen molar-refractivity contribution < 1.29 is 4.79 Å². The number of nitrogens with zero attached hydrogens (tertiary/aromatic N) is 5. The van der Waals surface area contributed by atoms with Gasteiger partial charge in [-0.15, -0.1) is 0 Å². The van der Waals surface area contributed by atoms with Crippen LogP contribution in [0.15, 0.2) is 15.3 Å². The first kappa shape index (κ1) is 19.8. The van der Waals surface area contributed by atoms with E-state index in [9.17, 15) is 4.79 Å². The van der Waals surface area contributed by atoms with Crippen LogP contribution in [0.1, 0.15) is 72.1 Å². The summed E-state index contributed by atoms with van der Waals surface area (Å²) in [6, 6.07) is 0.0576. The Balaban J connectivity index is 1.73. The molecule has 0 aromatic carbocycles. The van der Waals surface area contributed by atoms with E-state index in [-0.39, 0.29) is 27.7 Å². The molecule has 0 heterocycles. The second-order valence-corrected chi connectivity index (χ2v) is 10.8. The van der Waals surface area contributed by atoms with Crippen LogP contribution in [0, 0.1) is 33.5 Å². The van der Waals surface area contributed by atoms with Crippen LogP contribution in [-0.4, -0.2) is 31.9 Å². The fourth-order valence-corrected chi connectivity index (χ4v) is 8.26. The van der Waals surface area contributed by atoms with Crippen LogP contribution in [0.4, 0.5) is 0 Å². The number of azide groups is 1. The van der Waals surface area contributed by atoms with Gasteiger partial charge in [0.1, 0.15) is 0 Å². The van der Waals surface area contributed by atoms with Gasteiger partial charge in [0.25, 0.3) is 0 Å². The van der Waals surface area contributed by atoms with Gasteiger partial charge >= 0.3 is 168 Å². The summed E-state index contributed by atoms with van der Waals surface area (Å²) in [7, 11) is 1.49. The number of rotatable bonds is 4. The summed E-state index contributed by atoms with van der Waals surface area (Å²) < 4.78 is 0. The number of hydrogen-bond donors (Lipinski definition) is 0. The van der Waals surface area contributed by atoms with Gasteiger partial charge in [0, 0.05) is 0 Å². The molecule has 4 fully saturated rings. The minimum atomic E-state index is -0.198. The third kappa shape index (κ3) is 2.58. The summed E-state index contributed by atoms with van der Waals surface area (Å²) >= 11 is 0. The molecule has 0 aliphatic heterocycles. The van der Waals surface area contributed by atoms with Gasteiger partial charge in [-0.1, -0.05) is 0 Å². The predicted molar refractivity (Wildman–Crippen MR) is 111 cm³/mol. The van der Waals surface area contributed by atoms with E-state index in [1.165, 1.54) is 7.06 Å². The molecule has 0 aromatic rings. The molecular formula is C21H32BN5O. The molecule has 4 aliphatic rings. The Bertz CT molecular complexity index is 779. The molecular weight excluding hydrogens is 349 g/mol. The second-order valence-electron chi connectivity index (χ2n) is 10.8. The van der Waals surface area contributed by atoms with Gasteiger partial charge in [-0.2, -0.15) is 0 Å². The number of carbonyl (C=O) groups excluding carboxylic acids is 1. The van der Waals surface area contributed by atoms with Gasteiger partial charge in [-0.25, -0.2) is 0 Å². The number of ketones is 1. The third-order valence-electron chi connectivity index (χ3n) is 9.45. The number of carbonyl (C=O) groups is 1. The topological polar surface area (TPSA) is 90.5 Å². The van der Waals surface area contributed by atoms with Gasteiger partial charge in [0.05, 0.1) is 0 Å². The predicted octanol–water partition coefficient (Wildman–Crippen LogP) is 5.15. The molecule has 150 valence electrons. The molecule has 2 bridgehead atoms. The number of Topliss-reactive ketones (excluding diaryl/α,β-unsaturated/α-hetero) is 1. The minimum absolute atomic E-state index is 0.0576. The number of fused-ring (bicyclic) bond motifs is 3. The summed E-state index contributed by atoms with van der Waals surface area (Å²) in [4.78, 5) is 15.9. The Morgan fingerprint density at radius 1 is 1.18 bits per heavy atom. The molecule has 4 aliphatic carbocycles. The Hall–Kier alpha value is -1.49. The van der Waals surface area contributed by atoms with Crippen LogP contribution in [-0.2, 0) is 4.79 Å². The molecule has 4 rings (SSSR count). The van der Waals surface area contributed by atoms with Crippen molar-refractivity contribution in [3.63, 3.8) is 0 Å². The van der Waals surface area contributed by atoms with Crippen molar-refractivity contribution in [2.24, 2.45) is 48.7 Å². The van der Waals surface area contributed by atoms with Crippen molar-refractivity contribution in [1.29, 1.82) is 0 Å². The third-order valence-corrected chi connectivity index (χ3v) is 9.45. The fraction of sp³-hybridized carbons (Fsp3) is 0.905. The first-order chi connectivity index (χ1) is 13.2. The van der Waals surface area contributed by atoms with E-state index in [4.69, 9.17) is 5.53 Å². The van der Waals surface area contributed by atoms with E-state index in [0.29, 0.717) is 24.2 Å². The fourth-order valence-electron chi connectivity index (χ4n) is 8.26. The van der Waals surface area contributed by atoms with Crippen molar-refractivity contribution >= 4 is 19.3 Å². The molecule has 0 unspecified atom stereocenters. The van der Waals surface area contributed by atoms with Crippen LogP contribution >= 0.6 is 0 Å². The molecule has 7 heteroatoms. The summed E-state index contributed by atoms with van der Waals surface area (Å²) in [5, 5.41) is 12.7. The van der Waals surface area contributed by atoms with E-state index in [1.54, 1.807) is 0 Å². The summed E-state index contributed by atoms with van der Waals surface area (Å²) in [5.74, 6) is 1.52. The zero-order valence-electron chi connectivity index (χ0n) is 17.5. The van der Waals surface area contributed by atoms with Crippen LogP contribution in [0.5, 0.6) is 0 Å². The quantitative estimate of drug-likeness (QED) is 0.286. The summed E-state index contributed by atoms with van der Waals surface area (Å²) in [5.41, 5.74) is 9.11. The van der Waals surface area contributed by atoms with Gasteiger partial charge in [-0.3, -0.25) is 0 Å². The van der Waals surface area contributed by atoms with Gasteiger partial charge in [0.15, 0.2) is 0 Å². The van der Waals surface area contributed by atoms with Crippen LogP contribution in [0.2, 0.25) is 0 Å². The van der Waals surface area contributed by atoms with Crippen LogP contribution < -0.4 is 0 Å². The molecule has 4 saturated carbocycles. The first-order valence-corrected chi connectivity index (χ1v) is 10.8. The van der Waals surface area contributed by atoms with Crippen molar-refractivity contribution in [3.05, 3.63) is 10.4 Å². The monoisotopic (exact) mass is 381 g/mol. The molecule has 7 atom stereocenters. The summed E-state index contributed by atoms with van der Waals surface area (Å²) in [6.07, 6.45) is 8.34. The van der Waals surface area contributed by atoms with E-state index >= 15 is 0 Å². The van der Waals surface area contributed by atoms with E-state index < -0.39 is 0 Å². The van der Waals surface area contributed by atoms with E-state index in [0.717, 1.165) is 51.4 Å².